The number of nitrogens with zero attached hydrogens (tertiary/aromatic N) is 2. The zero-order chi connectivity index (χ0) is 18.7. The molecule has 2 amide bonds. The fourth-order valence-corrected chi connectivity index (χ4v) is 4.38. The second kappa shape index (κ2) is 7.79. The number of fused-ring (bicyclic) bond motifs is 1. The Morgan fingerprint density at radius 3 is 2.73 bits per heavy atom. The largest absolute Gasteiger partial charge is 0.493 e. The third kappa shape index (κ3) is 4.09. The SMILES string of the molecule is CCS(=O)(=O)N1CCN(C(=O)NC2CCCOc3ccc(F)cc32)CC1. The van der Waals surface area contributed by atoms with Crippen molar-refractivity contribution in [2.45, 2.75) is 25.8 Å². The van der Waals surface area contributed by atoms with E-state index in [0.29, 0.717) is 50.5 Å². The van der Waals surface area contributed by atoms with E-state index >= 15 is 0 Å². The number of sulfonamides is 1. The molecule has 2 heterocycles. The monoisotopic (exact) mass is 385 g/mol. The summed E-state index contributed by atoms with van der Waals surface area (Å²) in [5.41, 5.74) is 0.642. The van der Waals surface area contributed by atoms with Crippen LogP contribution in [0.4, 0.5) is 9.18 Å². The van der Waals surface area contributed by atoms with E-state index in [1.54, 1.807) is 17.9 Å². The first kappa shape index (κ1) is 18.9. The van der Waals surface area contributed by atoms with E-state index in [-0.39, 0.29) is 23.6 Å². The fourth-order valence-electron chi connectivity index (χ4n) is 3.29. The topological polar surface area (TPSA) is 79.0 Å². The van der Waals surface area contributed by atoms with Gasteiger partial charge in [0.05, 0.1) is 18.4 Å². The predicted molar refractivity (Wildman–Crippen MR) is 95.0 cm³/mol. The molecule has 1 fully saturated rings. The maximum Gasteiger partial charge on any atom is 0.317 e. The Balaban J connectivity index is 1.65. The molecule has 0 bridgehead atoms. The molecule has 0 aliphatic carbocycles. The Bertz CT molecular complexity index is 763. The smallest absolute Gasteiger partial charge is 0.317 e. The van der Waals surface area contributed by atoms with Gasteiger partial charge in [0.1, 0.15) is 11.6 Å². The van der Waals surface area contributed by atoms with Gasteiger partial charge in [-0.3, -0.25) is 0 Å². The summed E-state index contributed by atoms with van der Waals surface area (Å²) in [5, 5.41) is 2.95. The van der Waals surface area contributed by atoms with Crippen LogP contribution >= 0.6 is 0 Å². The minimum absolute atomic E-state index is 0.0591. The molecule has 1 atom stereocenters. The van der Waals surface area contributed by atoms with E-state index in [1.807, 2.05) is 0 Å². The quantitative estimate of drug-likeness (QED) is 0.859. The van der Waals surface area contributed by atoms with Gasteiger partial charge >= 0.3 is 6.03 Å². The lowest BCUT2D eigenvalue weighted by Gasteiger charge is -2.34. The van der Waals surface area contributed by atoms with E-state index in [4.69, 9.17) is 4.74 Å². The highest BCUT2D eigenvalue weighted by atomic mass is 32.2. The van der Waals surface area contributed by atoms with Gasteiger partial charge in [0, 0.05) is 31.7 Å². The van der Waals surface area contributed by atoms with Crippen molar-refractivity contribution < 1.29 is 22.3 Å². The lowest BCUT2D eigenvalue weighted by Crippen LogP contribution is -2.53. The van der Waals surface area contributed by atoms with Crippen molar-refractivity contribution in [3.63, 3.8) is 0 Å². The summed E-state index contributed by atoms with van der Waals surface area (Å²) in [6, 6.07) is 3.74. The van der Waals surface area contributed by atoms with Crippen molar-refractivity contribution in [1.82, 2.24) is 14.5 Å². The Morgan fingerprint density at radius 1 is 1.31 bits per heavy atom. The molecule has 1 aromatic rings. The van der Waals surface area contributed by atoms with Gasteiger partial charge in [0.2, 0.25) is 10.0 Å². The van der Waals surface area contributed by atoms with Crippen molar-refractivity contribution in [3.05, 3.63) is 29.6 Å². The summed E-state index contributed by atoms with van der Waals surface area (Å²) in [6.07, 6.45) is 1.41. The second-order valence-electron chi connectivity index (χ2n) is 6.46. The Kier molecular flexibility index (Phi) is 5.67. The number of hydrogen-bond donors (Lipinski definition) is 1. The highest BCUT2D eigenvalue weighted by Crippen LogP contribution is 2.32. The number of hydrogen-bond acceptors (Lipinski definition) is 4. The normalized spacial score (nSPS) is 21.5. The van der Waals surface area contributed by atoms with E-state index < -0.39 is 10.0 Å². The number of benzene rings is 1. The molecule has 1 unspecified atom stereocenters. The summed E-state index contributed by atoms with van der Waals surface area (Å²) < 4.78 is 44.5. The summed E-state index contributed by atoms with van der Waals surface area (Å²) in [5.74, 6) is 0.281. The van der Waals surface area contributed by atoms with Gasteiger partial charge < -0.3 is 15.0 Å². The Hall–Kier alpha value is -1.87. The molecule has 1 saturated heterocycles. The predicted octanol–water partition coefficient (Wildman–Crippen LogP) is 1.72. The number of rotatable bonds is 3. The van der Waals surface area contributed by atoms with Crippen LogP contribution in [0.15, 0.2) is 18.2 Å². The molecule has 0 aromatic heterocycles. The Labute approximate surface area is 153 Å². The number of halogens is 1. The van der Waals surface area contributed by atoms with E-state index in [0.717, 1.165) is 6.42 Å². The minimum Gasteiger partial charge on any atom is -0.493 e. The van der Waals surface area contributed by atoms with E-state index in [2.05, 4.69) is 5.32 Å². The number of piperazine rings is 1. The van der Waals surface area contributed by atoms with Crippen LogP contribution in [0.3, 0.4) is 0 Å². The van der Waals surface area contributed by atoms with Gasteiger partial charge in [-0.25, -0.2) is 17.6 Å². The first-order chi connectivity index (χ1) is 12.4. The van der Waals surface area contributed by atoms with Gasteiger partial charge in [0.15, 0.2) is 0 Å². The maximum absolute atomic E-state index is 13.6. The number of urea groups is 1. The minimum atomic E-state index is -3.23. The van der Waals surface area contributed by atoms with Gasteiger partial charge in [-0.15, -0.1) is 0 Å². The first-order valence-electron chi connectivity index (χ1n) is 8.86. The zero-order valence-electron chi connectivity index (χ0n) is 14.8. The highest BCUT2D eigenvalue weighted by Gasteiger charge is 2.29. The third-order valence-electron chi connectivity index (χ3n) is 4.82. The van der Waals surface area contributed by atoms with Crippen LogP contribution in [0.2, 0.25) is 0 Å². The van der Waals surface area contributed by atoms with E-state index in [9.17, 15) is 17.6 Å². The molecular weight excluding hydrogens is 361 g/mol. The van der Waals surface area contributed by atoms with Gasteiger partial charge in [-0.1, -0.05) is 0 Å². The summed E-state index contributed by atoms with van der Waals surface area (Å²) >= 11 is 0. The number of carbonyl (C=O) groups excluding carboxylic acids is 1. The molecule has 1 N–H and O–H groups in total. The molecule has 1 aromatic carbocycles. The summed E-state index contributed by atoms with van der Waals surface area (Å²) in [7, 11) is -3.23. The van der Waals surface area contributed by atoms with Gasteiger partial charge in [-0.05, 0) is 38.0 Å². The molecule has 2 aliphatic heterocycles. The second-order valence-corrected chi connectivity index (χ2v) is 8.72. The molecule has 0 radical (unpaired) electrons. The van der Waals surface area contributed by atoms with Crippen LogP contribution in [0, 0.1) is 5.82 Å². The van der Waals surface area contributed by atoms with Crippen molar-refractivity contribution in [1.29, 1.82) is 0 Å². The van der Waals surface area contributed by atoms with Gasteiger partial charge in [-0.2, -0.15) is 4.31 Å². The number of amides is 2. The molecule has 0 spiro atoms. The van der Waals surface area contributed by atoms with Crippen LogP contribution in [-0.4, -0.2) is 62.2 Å². The third-order valence-corrected chi connectivity index (χ3v) is 6.71. The molecular formula is C17H24FN3O4S. The standard InChI is InChI=1S/C17H24FN3O4S/c1-2-26(23,24)21-9-7-20(8-10-21)17(22)19-15-4-3-11-25-16-6-5-13(18)12-14(15)16/h5-6,12,15H,2-4,7-11H2,1H3,(H,19,22). The van der Waals surface area contributed by atoms with Crippen molar-refractivity contribution >= 4 is 16.1 Å². The highest BCUT2D eigenvalue weighted by molar-refractivity contribution is 7.89. The van der Waals surface area contributed by atoms with Crippen molar-refractivity contribution in [2.75, 3.05) is 38.5 Å². The molecule has 7 nitrogen and oxygen atoms in total. The first-order valence-corrected chi connectivity index (χ1v) is 10.5. The number of ether oxygens (including phenoxy) is 1. The van der Waals surface area contributed by atoms with E-state index in [1.165, 1.54) is 16.4 Å². The molecule has 3 rings (SSSR count). The van der Waals surface area contributed by atoms with Gasteiger partial charge in [0.25, 0.3) is 0 Å². The number of nitrogens with one attached hydrogen (secondary N) is 1. The average Bonchev–Trinajstić information content (AvgIpc) is 2.84. The van der Waals surface area contributed by atoms with Crippen molar-refractivity contribution in [2.24, 2.45) is 0 Å². The maximum atomic E-state index is 13.6. The lowest BCUT2D eigenvalue weighted by atomic mass is 10.0. The average molecular weight is 385 g/mol. The van der Waals surface area contributed by atoms with Crippen LogP contribution < -0.4 is 10.1 Å². The molecule has 0 saturated carbocycles. The molecule has 2 aliphatic rings. The van der Waals surface area contributed by atoms with Crippen LogP contribution in [0.1, 0.15) is 31.4 Å². The molecule has 144 valence electrons. The van der Waals surface area contributed by atoms with Crippen molar-refractivity contribution in [3.8, 4) is 5.75 Å². The van der Waals surface area contributed by atoms with Crippen LogP contribution in [0.25, 0.3) is 0 Å². The molecule has 26 heavy (non-hydrogen) atoms. The zero-order valence-corrected chi connectivity index (χ0v) is 15.6. The lowest BCUT2D eigenvalue weighted by molar-refractivity contribution is 0.168. The molecule has 9 heteroatoms. The summed E-state index contributed by atoms with van der Waals surface area (Å²) in [6.45, 7) is 3.40. The Morgan fingerprint density at radius 2 is 2.04 bits per heavy atom. The fraction of sp³-hybridized carbons (Fsp3) is 0.588. The van der Waals surface area contributed by atoms with Crippen LogP contribution in [-0.2, 0) is 10.0 Å². The van der Waals surface area contributed by atoms with Crippen LogP contribution in [0.5, 0.6) is 5.75 Å². The number of carbonyl (C=O) groups is 1. The summed E-state index contributed by atoms with van der Waals surface area (Å²) in [4.78, 5) is 14.2.